The Balaban J connectivity index is 1.80. The number of benzene rings is 1. The fourth-order valence-electron chi connectivity index (χ4n) is 3.51. The molecular weight excluding hydrogens is 404 g/mol. The third kappa shape index (κ3) is 2.79. The number of nitrogens with zero attached hydrogens (tertiary/aromatic N) is 7. The van der Waals surface area contributed by atoms with E-state index in [1.165, 1.54) is 10.9 Å². The first-order valence-electron chi connectivity index (χ1n) is 9.08. The van der Waals surface area contributed by atoms with Crippen LogP contribution in [0.3, 0.4) is 0 Å². The molecule has 30 heavy (non-hydrogen) atoms. The summed E-state index contributed by atoms with van der Waals surface area (Å²) in [7, 11) is 0. The number of fused-ring (bicyclic) bond motifs is 2. The topological polar surface area (TPSA) is 117 Å². The highest BCUT2D eigenvalue weighted by Crippen LogP contribution is 2.22. The Morgan fingerprint density at radius 2 is 1.97 bits per heavy atom. The summed E-state index contributed by atoms with van der Waals surface area (Å²) in [4.78, 5) is 35.0. The van der Waals surface area contributed by atoms with Gasteiger partial charge < -0.3 is 10.3 Å². The van der Waals surface area contributed by atoms with E-state index in [9.17, 15) is 4.79 Å². The molecule has 0 amide bonds. The molecule has 0 aliphatic carbocycles. The molecule has 5 rings (SSSR count). The van der Waals surface area contributed by atoms with Crippen LogP contribution >= 0.6 is 11.6 Å². The summed E-state index contributed by atoms with van der Waals surface area (Å²) >= 11 is 6.34. The van der Waals surface area contributed by atoms with Gasteiger partial charge in [0.1, 0.15) is 17.7 Å². The Labute approximate surface area is 174 Å². The molecule has 4 heterocycles. The van der Waals surface area contributed by atoms with E-state index in [2.05, 4.69) is 19.9 Å². The van der Waals surface area contributed by atoms with Gasteiger partial charge in [-0.3, -0.25) is 9.36 Å². The van der Waals surface area contributed by atoms with E-state index in [1.54, 1.807) is 29.2 Å². The van der Waals surface area contributed by atoms with E-state index >= 15 is 0 Å². The van der Waals surface area contributed by atoms with Gasteiger partial charge in [-0.25, -0.2) is 24.9 Å². The number of hydrogen-bond acceptors (Lipinski definition) is 7. The van der Waals surface area contributed by atoms with E-state index in [4.69, 9.17) is 22.3 Å². The summed E-state index contributed by atoms with van der Waals surface area (Å²) in [6, 6.07) is 9.02. The second kappa shape index (κ2) is 6.89. The van der Waals surface area contributed by atoms with Crippen LogP contribution in [-0.4, -0.2) is 34.1 Å². The van der Waals surface area contributed by atoms with Crippen molar-refractivity contribution in [3.63, 3.8) is 0 Å². The first kappa shape index (κ1) is 18.2. The van der Waals surface area contributed by atoms with Gasteiger partial charge in [0.05, 0.1) is 29.5 Å². The molecule has 0 spiro atoms. The van der Waals surface area contributed by atoms with Crippen molar-refractivity contribution >= 4 is 39.5 Å². The maximum atomic E-state index is 13.5. The lowest BCUT2D eigenvalue weighted by atomic mass is 10.1. The SMILES string of the molecule is Cc1cccc2nc(Cn3cnc4c(N)ncnc43)n(-c3cccnc3Cl)c(=O)c12. The van der Waals surface area contributed by atoms with Gasteiger partial charge in [-0.2, -0.15) is 0 Å². The number of halogens is 1. The van der Waals surface area contributed by atoms with E-state index in [-0.39, 0.29) is 23.1 Å². The van der Waals surface area contributed by atoms with Crippen molar-refractivity contribution < 1.29 is 0 Å². The van der Waals surface area contributed by atoms with Crippen LogP contribution in [0.25, 0.3) is 27.8 Å². The summed E-state index contributed by atoms with van der Waals surface area (Å²) in [5.74, 6) is 0.748. The Hall–Kier alpha value is -3.85. The van der Waals surface area contributed by atoms with Crippen molar-refractivity contribution in [3.05, 3.63) is 76.1 Å². The van der Waals surface area contributed by atoms with Gasteiger partial charge in [0.15, 0.2) is 16.6 Å². The molecule has 0 aliphatic heterocycles. The summed E-state index contributed by atoms with van der Waals surface area (Å²) in [6.45, 7) is 2.10. The Bertz CT molecular complexity index is 1490. The van der Waals surface area contributed by atoms with Gasteiger partial charge in [-0.1, -0.05) is 23.7 Å². The summed E-state index contributed by atoms with van der Waals surface area (Å²) in [6.07, 6.45) is 4.54. The van der Waals surface area contributed by atoms with E-state index in [0.29, 0.717) is 33.6 Å². The Kier molecular flexibility index (Phi) is 4.18. The van der Waals surface area contributed by atoms with Crippen LogP contribution in [-0.2, 0) is 6.54 Å². The highest BCUT2D eigenvalue weighted by Gasteiger charge is 2.18. The second-order valence-electron chi connectivity index (χ2n) is 6.75. The summed E-state index contributed by atoms with van der Waals surface area (Å²) in [5.41, 5.74) is 8.60. The van der Waals surface area contributed by atoms with Gasteiger partial charge in [-0.15, -0.1) is 0 Å². The van der Waals surface area contributed by atoms with Crippen LogP contribution in [0.15, 0.2) is 54.0 Å². The average Bonchev–Trinajstić information content (AvgIpc) is 3.13. The number of pyridine rings is 1. The van der Waals surface area contributed by atoms with Gasteiger partial charge >= 0.3 is 0 Å². The number of nitrogen functional groups attached to an aromatic ring is 1. The number of hydrogen-bond donors (Lipinski definition) is 1. The minimum absolute atomic E-state index is 0.206. The molecule has 0 unspecified atom stereocenters. The highest BCUT2D eigenvalue weighted by molar-refractivity contribution is 6.31. The molecule has 10 heteroatoms. The number of aryl methyl sites for hydroxylation is 1. The van der Waals surface area contributed by atoms with Crippen LogP contribution in [0, 0.1) is 6.92 Å². The molecule has 148 valence electrons. The fourth-order valence-corrected chi connectivity index (χ4v) is 3.71. The minimum Gasteiger partial charge on any atom is -0.382 e. The minimum atomic E-state index is -0.221. The van der Waals surface area contributed by atoms with Crippen LogP contribution in [0.1, 0.15) is 11.4 Å². The first-order chi connectivity index (χ1) is 14.5. The molecule has 0 fully saturated rings. The molecule has 0 saturated heterocycles. The number of imidazole rings is 1. The Morgan fingerprint density at radius 1 is 1.10 bits per heavy atom. The van der Waals surface area contributed by atoms with Crippen molar-refractivity contribution in [2.24, 2.45) is 0 Å². The molecule has 1 aromatic carbocycles. The molecular formula is C20H15ClN8O. The molecule has 5 aromatic rings. The first-order valence-corrected chi connectivity index (χ1v) is 9.46. The molecule has 2 N–H and O–H groups in total. The molecule has 0 saturated carbocycles. The molecule has 0 aliphatic rings. The van der Waals surface area contributed by atoms with Crippen molar-refractivity contribution in [1.82, 2.24) is 34.1 Å². The predicted octanol–water partition coefficient (Wildman–Crippen LogP) is 2.51. The number of rotatable bonds is 3. The van der Waals surface area contributed by atoms with Crippen molar-refractivity contribution in [2.75, 3.05) is 5.73 Å². The zero-order valence-electron chi connectivity index (χ0n) is 15.8. The smallest absolute Gasteiger partial charge is 0.266 e. The third-order valence-electron chi connectivity index (χ3n) is 4.90. The van der Waals surface area contributed by atoms with Crippen LogP contribution in [0.2, 0.25) is 5.15 Å². The monoisotopic (exact) mass is 418 g/mol. The van der Waals surface area contributed by atoms with Crippen molar-refractivity contribution in [3.8, 4) is 5.69 Å². The van der Waals surface area contributed by atoms with Gasteiger partial charge in [0, 0.05) is 6.20 Å². The lowest BCUT2D eigenvalue weighted by Crippen LogP contribution is -2.26. The molecule has 0 bridgehead atoms. The summed E-state index contributed by atoms with van der Waals surface area (Å²) < 4.78 is 3.25. The van der Waals surface area contributed by atoms with Crippen LogP contribution in [0.4, 0.5) is 5.82 Å². The fraction of sp³-hybridized carbons (Fsp3) is 0.100. The normalized spacial score (nSPS) is 11.4. The quantitative estimate of drug-likeness (QED) is 0.447. The van der Waals surface area contributed by atoms with E-state index < -0.39 is 0 Å². The van der Waals surface area contributed by atoms with Crippen LogP contribution in [0.5, 0.6) is 0 Å². The van der Waals surface area contributed by atoms with Gasteiger partial charge in [0.2, 0.25) is 0 Å². The molecule has 0 radical (unpaired) electrons. The second-order valence-corrected chi connectivity index (χ2v) is 7.11. The van der Waals surface area contributed by atoms with Crippen molar-refractivity contribution in [2.45, 2.75) is 13.5 Å². The predicted molar refractivity (Wildman–Crippen MR) is 114 cm³/mol. The van der Waals surface area contributed by atoms with Crippen LogP contribution < -0.4 is 11.3 Å². The lowest BCUT2D eigenvalue weighted by Gasteiger charge is -2.15. The lowest BCUT2D eigenvalue weighted by molar-refractivity contribution is 0.717. The highest BCUT2D eigenvalue weighted by atomic mass is 35.5. The standard InChI is InChI=1S/C20H15ClN8O/c1-11-4-2-5-12-15(11)20(30)29(13-6-3-7-23-17(13)21)14(27-12)8-28-10-26-16-18(22)24-9-25-19(16)28/h2-7,9-10H,8H2,1H3,(H2,22,24,25). The summed E-state index contributed by atoms with van der Waals surface area (Å²) in [5, 5.41) is 0.737. The number of aromatic nitrogens is 7. The van der Waals surface area contributed by atoms with E-state index in [1.807, 2.05) is 25.1 Å². The third-order valence-corrected chi connectivity index (χ3v) is 5.19. The van der Waals surface area contributed by atoms with Gasteiger partial charge in [-0.05, 0) is 30.7 Å². The van der Waals surface area contributed by atoms with E-state index in [0.717, 1.165) is 5.56 Å². The average molecular weight is 419 g/mol. The van der Waals surface area contributed by atoms with Crippen molar-refractivity contribution in [1.29, 1.82) is 0 Å². The van der Waals surface area contributed by atoms with Gasteiger partial charge in [0.25, 0.3) is 5.56 Å². The Morgan fingerprint density at radius 3 is 2.80 bits per heavy atom. The number of anilines is 1. The molecule has 9 nitrogen and oxygen atoms in total. The maximum absolute atomic E-state index is 13.5. The molecule has 0 atom stereocenters. The molecule has 4 aromatic heterocycles. The maximum Gasteiger partial charge on any atom is 0.266 e. The zero-order valence-corrected chi connectivity index (χ0v) is 16.6. The number of nitrogens with two attached hydrogens (primary N) is 1. The largest absolute Gasteiger partial charge is 0.382 e. The zero-order chi connectivity index (χ0) is 20.8.